The smallest absolute Gasteiger partial charge is 0.319 e. The molecular weight excluding hydrogens is 138 g/mol. The van der Waals surface area contributed by atoms with E-state index in [9.17, 15) is 4.79 Å². The van der Waals surface area contributed by atoms with E-state index < -0.39 is 0 Å². The Hall–Kier alpha value is -0.220. The van der Waals surface area contributed by atoms with E-state index in [-0.39, 0.29) is 12.5 Å². The molecule has 0 rings (SSSR count). The molecule has 0 saturated heterocycles. The Morgan fingerprint density at radius 1 is 1.67 bits per heavy atom. The van der Waals surface area contributed by atoms with Gasteiger partial charge in [-0.3, -0.25) is 4.79 Å². The highest BCUT2D eigenvalue weighted by molar-refractivity contribution is 7.97. The van der Waals surface area contributed by atoms with E-state index in [0.717, 1.165) is 0 Å². The van der Waals surface area contributed by atoms with Gasteiger partial charge in [-0.05, 0) is 12.5 Å². The average molecular weight is 151 g/mol. The molecule has 0 aliphatic heterocycles. The first kappa shape index (κ1) is 11.6. The van der Waals surface area contributed by atoms with Crippen LogP contribution in [0, 0.1) is 0 Å². The minimum absolute atomic E-state index is 0.0312. The van der Waals surface area contributed by atoms with Crippen molar-refractivity contribution in [1.29, 1.82) is 0 Å². The van der Waals surface area contributed by atoms with Crippen LogP contribution in [0.5, 0.6) is 0 Å². The van der Waals surface area contributed by atoms with E-state index in [4.69, 9.17) is 5.73 Å². The predicted molar refractivity (Wildman–Crippen MR) is 40.5 cm³/mol. The molecule has 0 heterocycles. The summed E-state index contributed by atoms with van der Waals surface area (Å²) in [6, 6.07) is 0. The minimum Gasteiger partial charge on any atom is -0.468 e. The van der Waals surface area contributed by atoms with Crippen LogP contribution in [0.2, 0.25) is 0 Å². The number of ether oxygens (including phenoxy) is 1. The molecule has 0 aliphatic carbocycles. The first-order valence-electron chi connectivity index (χ1n) is 2.39. The van der Waals surface area contributed by atoms with Crippen LogP contribution in [0.25, 0.3) is 0 Å². The normalized spacial score (nSPS) is 7.11. The van der Waals surface area contributed by atoms with Gasteiger partial charge < -0.3 is 10.5 Å². The number of hydrogen-bond acceptors (Lipinski definition) is 4. The van der Waals surface area contributed by atoms with Crippen LogP contribution >= 0.6 is 11.8 Å². The lowest BCUT2D eigenvalue weighted by Crippen LogP contribution is -2.14. The Kier molecular flexibility index (Phi) is 13.8. The van der Waals surface area contributed by atoms with Crippen LogP contribution in [0.15, 0.2) is 0 Å². The van der Waals surface area contributed by atoms with Crippen molar-refractivity contribution in [3.05, 3.63) is 0 Å². The van der Waals surface area contributed by atoms with Crippen molar-refractivity contribution in [2.75, 3.05) is 26.2 Å². The second kappa shape index (κ2) is 10.7. The molecule has 0 saturated carbocycles. The third-order valence-corrected chi connectivity index (χ3v) is 0.394. The molecule has 0 unspecified atom stereocenters. The standard InChI is InChI=1S/C3H7NO2.C2H6S/c1-6-3(5)2-4;1-3-2/h2,4H2,1H3;1-2H3. The maximum Gasteiger partial charge on any atom is 0.319 e. The van der Waals surface area contributed by atoms with Crippen molar-refractivity contribution in [2.24, 2.45) is 5.73 Å². The number of esters is 1. The lowest BCUT2D eigenvalue weighted by Gasteiger charge is -1.87. The van der Waals surface area contributed by atoms with Gasteiger partial charge in [-0.1, -0.05) is 0 Å². The van der Waals surface area contributed by atoms with Gasteiger partial charge in [-0.15, -0.1) is 0 Å². The summed E-state index contributed by atoms with van der Waals surface area (Å²) in [6.07, 6.45) is 4.08. The summed E-state index contributed by atoms with van der Waals surface area (Å²) >= 11 is 1.75. The van der Waals surface area contributed by atoms with Gasteiger partial charge in [0.2, 0.25) is 0 Å². The van der Waals surface area contributed by atoms with E-state index in [1.807, 2.05) is 12.5 Å². The molecule has 0 aromatic heterocycles. The predicted octanol–water partition coefficient (Wildman–Crippen LogP) is 0.0973. The van der Waals surface area contributed by atoms with Crippen molar-refractivity contribution in [3.8, 4) is 0 Å². The molecular formula is C5H13NO2S. The Balaban J connectivity index is 0. The zero-order valence-corrected chi connectivity index (χ0v) is 6.83. The highest BCUT2D eigenvalue weighted by Crippen LogP contribution is 1.70. The zero-order valence-electron chi connectivity index (χ0n) is 6.01. The van der Waals surface area contributed by atoms with Gasteiger partial charge in [0.25, 0.3) is 0 Å². The van der Waals surface area contributed by atoms with Crippen LogP contribution in [0.1, 0.15) is 0 Å². The molecule has 0 atom stereocenters. The van der Waals surface area contributed by atoms with Crippen LogP contribution in [-0.2, 0) is 9.53 Å². The molecule has 0 fully saturated rings. The summed E-state index contributed by atoms with van der Waals surface area (Å²) in [5, 5.41) is 0. The number of carbonyl (C=O) groups excluding carboxylic acids is 1. The van der Waals surface area contributed by atoms with Crippen LogP contribution in [0.4, 0.5) is 0 Å². The summed E-state index contributed by atoms with van der Waals surface area (Å²) in [7, 11) is 1.30. The third-order valence-electron chi connectivity index (χ3n) is 0.394. The maximum absolute atomic E-state index is 9.83. The molecule has 0 aromatic carbocycles. The number of thioether (sulfide) groups is 1. The number of rotatable bonds is 1. The molecule has 4 heteroatoms. The fraction of sp³-hybridized carbons (Fsp3) is 0.800. The molecule has 3 nitrogen and oxygen atoms in total. The average Bonchev–Trinajstić information content (AvgIpc) is 1.88. The maximum atomic E-state index is 9.83. The molecule has 0 amide bonds. The van der Waals surface area contributed by atoms with E-state index >= 15 is 0 Å². The van der Waals surface area contributed by atoms with Gasteiger partial charge in [0.1, 0.15) is 0 Å². The van der Waals surface area contributed by atoms with Gasteiger partial charge in [0.15, 0.2) is 0 Å². The highest BCUT2D eigenvalue weighted by atomic mass is 32.2. The number of hydrogen-bond donors (Lipinski definition) is 1. The van der Waals surface area contributed by atoms with Gasteiger partial charge in [-0.2, -0.15) is 11.8 Å². The molecule has 0 aliphatic rings. The summed E-state index contributed by atoms with van der Waals surface area (Å²) < 4.78 is 4.14. The highest BCUT2D eigenvalue weighted by Gasteiger charge is 1.87. The van der Waals surface area contributed by atoms with Crippen molar-refractivity contribution in [3.63, 3.8) is 0 Å². The molecule has 0 aromatic rings. The fourth-order valence-electron chi connectivity index (χ4n) is 0.0833. The summed E-state index contributed by atoms with van der Waals surface area (Å²) in [5.74, 6) is -0.380. The summed E-state index contributed by atoms with van der Waals surface area (Å²) in [4.78, 5) is 9.83. The second-order valence-electron chi connectivity index (χ2n) is 1.19. The Morgan fingerprint density at radius 3 is 2.00 bits per heavy atom. The van der Waals surface area contributed by atoms with E-state index in [0.29, 0.717) is 0 Å². The van der Waals surface area contributed by atoms with Gasteiger partial charge in [0.05, 0.1) is 13.7 Å². The lowest BCUT2D eigenvalue weighted by molar-refractivity contribution is -0.138. The molecule has 0 radical (unpaired) electrons. The second-order valence-corrected chi connectivity index (χ2v) is 2.01. The molecule has 56 valence electrons. The molecule has 0 spiro atoms. The zero-order chi connectivity index (χ0) is 7.70. The van der Waals surface area contributed by atoms with Gasteiger partial charge >= 0.3 is 5.97 Å². The van der Waals surface area contributed by atoms with E-state index in [1.54, 1.807) is 11.8 Å². The first-order valence-corrected chi connectivity index (χ1v) is 4.03. The number of nitrogens with two attached hydrogens (primary N) is 1. The topological polar surface area (TPSA) is 52.3 Å². The van der Waals surface area contributed by atoms with Crippen LogP contribution in [-0.4, -0.2) is 32.1 Å². The summed E-state index contributed by atoms with van der Waals surface area (Å²) in [6.45, 7) is -0.0312. The largest absolute Gasteiger partial charge is 0.468 e. The summed E-state index contributed by atoms with van der Waals surface area (Å²) in [5.41, 5.74) is 4.81. The molecule has 2 N–H and O–H groups in total. The third kappa shape index (κ3) is 18.2. The quantitative estimate of drug-likeness (QED) is 0.540. The monoisotopic (exact) mass is 151 g/mol. The van der Waals surface area contributed by atoms with Crippen molar-refractivity contribution in [2.45, 2.75) is 0 Å². The van der Waals surface area contributed by atoms with Crippen molar-refractivity contribution in [1.82, 2.24) is 0 Å². The Bertz CT molecular complexity index is 62.0. The van der Waals surface area contributed by atoms with E-state index in [2.05, 4.69) is 4.74 Å². The van der Waals surface area contributed by atoms with E-state index in [1.165, 1.54) is 7.11 Å². The fourth-order valence-corrected chi connectivity index (χ4v) is 0.0833. The van der Waals surface area contributed by atoms with Crippen molar-refractivity contribution < 1.29 is 9.53 Å². The molecule has 0 bridgehead atoms. The van der Waals surface area contributed by atoms with Crippen LogP contribution in [0.3, 0.4) is 0 Å². The molecule has 9 heavy (non-hydrogen) atoms. The lowest BCUT2D eigenvalue weighted by atomic mass is 10.7. The number of carbonyl (C=O) groups is 1. The minimum atomic E-state index is -0.380. The Labute approximate surface area is 59.9 Å². The SMILES string of the molecule is COC(=O)CN.CSC. The van der Waals surface area contributed by atoms with Crippen LogP contribution < -0.4 is 5.73 Å². The number of methoxy groups -OCH3 is 1. The first-order chi connectivity index (χ1) is 4.22. The Morgan fingerprint density at radius 2 is 2.00 bits per heavy atom. The van der Waals surface area contributed by atoms with Crippen molar-refractivity contribution >= 4 is 17.7 Å². The van der Waals surface area contributed by atoms with Gasteiger partial charge in [-0.25, -0.2) is 0 Å². The van der Waals surface area contributed by atoms with Gasteiger partial charge in [0, 0.05) is 0 Å².